The van der Waals surface area contributed by atoms with Crippen molar-refractivity contribution in [1.82, 2.24) is 5.32 Å². The number of hydrogen-bond donors (Lipinski definition) is 1. The number of halogens is 1. The number of carbonyl (C=O) groups is 1. The molecule has 2 aromatic rings. The molecule has 1 heterocycles. The monoisotopic (exact) mass is 414 g/mol. The number of benzene rings is 2. The molecule has 1 aliphatic heterocycles. The van der Waals surface area contributed by atoms with Gasteiger partial charge in [-0.15, -0.1) is 0 Å². The molecule has 0 aromatic heterocycles. The number of ether oxygens (including phenoxy) is 1. The van der Waals surface area contributed by atoms with Crippen LogP contribution in [0.3, 0.4) is 0 Å². The topological polar surface area (TPSA) is 41.6 Å². The summed E-state index contributed by atoms with van der Waals surface area (Å²) in [7, 11) is 0. The summed E-state index contributed by atoms with van der Waals surface area (Å²) in [5, 5.41) is 3.74. The van der Waals surface area contributed by atoms with Crippen LogP contribution >= 0.6 is 11.6 Å². The molecule has 3 rings (SSSR count). The molecular weight excluding hydrogens is 384 g/mol. The summed E-state index contributed by atoms with van der Waals surface area (Å²) in [5.74, 6) is 1.26. The maximum Gasteiger partial charge on any atom is 0.258 e. The minimum atomic E-state index is -0.142. The van der Waals surface area contributed by atoms with Gasteiger partial charge in [0.1, 0.15) is 5.75 Å². The third-order valence-corrected chi connectivity index (χ3v) is 6.17. The normalized spacial score (nSPS) is 17.7. The molecule has 1 saturated heterocycles. The van der Waals surface area contributed by atoms with Gasteiger partial charge in [0.15, 0.2) is 6.61 Å². The van der Waals surface area contributed by atoms with Crippen molar-refractivity contribution in [3.05, 3.63) is 58.1 Å². The molecule has 0 radical (unpaired) electrons. The summed E-state index contributed by atoms with van der Waals surface area (Å²) in [6.45, 7) is 10.4. The smallest absolute Gasteiger partial charge is 0.258 e. The van der Waals surface area contributed by atoms with E-state index >= 15 is 0 Å². The highest BCUT2D eigenvalue weighted by atomic mass is 35.5. The van der Waals surface area contributed by atoms with E-state index in [0.717, 1.165) is 40.7 Å². The summed E-state index contributed by atoms with van der Waals surface area (Å²) in [4.78, 5) is 14.8. The van der Waals surface area contributed by atoms with Crippen LogP contribution in [0.25, 0.3) is 0 Å². The first-order valence-corrected chi connectivity index (χ1v) is 10.7. The van der Waals surface area contributed by atoms with Crippen molar-refractivity contribution in [2.24, 2.45) is 5.92 Å². The number of hydrogen-bond acceptors (Lipinski definition) is 3. The van der Waals surface area contributed by atoms with Gasteiger partial charge in [-0.3, -0.25) is 4.79 Å². The number of amides is 1. The van der Waals surface area contributed by atoms with Gasteiger partial charge in [0.25, 0.3) is 5.91 Å². The summed E-state index contributed by atoms with van der Waals surface area (Å²) in [5.41, 5.74) is 4.23. The van der Waals surface area contributed by atoms with E-state index in [1.165, 1.54) is 18.5 Å². The zero-order valence-electron chi connectivity index (χ0n) is 17.8. The van der Waals surface area contributed by atoms with Crippen LogP contribution in [0.2, 0.25) is 5.02 Å². The molecule has 0 saturated carbocycles. The molecule has 0 bridgehead atoms. The number of aryl methyl sites for hydroxylation is 2. The summed E-state index contributed by atoms with van der Waals surface area (Å²) >= 11 is 6.18. The van der Waals surface area contributed by atoms with Gasteiger partial charge in [0.05, 0.1) is 6.04 Å². The highest BCUT2D eigenvalue weighted by Gasteiger charge is 2.17. The maximum absolute atomic E-state index is 12.3. The van der Waals surface area contributed by atoms with Gasteiger partial charge < -0.3 is 15.0 Å². The minimum Gasteiger partial charge on any atom is -0.484 e. The van der Waals surface area contributed by atoms with Crippen molar-refractivity contribution in [3.63, 3.8) is 0 Å². The van der Waals surface area contributed by atoms with Crippen molar-refractivity contribution in [2.45, 2.75) is 46.6 Å². The van der Waals surface area contributed by atoms with E-state index in [2.05, 4.69) is 41.4 Å². The highest BCUT2D eigenvalue weighted by Crippen LogP contribution is 2.26. The molecule has 0 spiro atoms. The maximum atomic E-state index is 12.3. The van der Waals surface area contributed by atoms with Crippen LogP contribution in [0.15, 0.2) is 36.4 Å². The Hall–Kier alpha value is -2.20. The third-order valence-electron chi connectivity index (χ3n) is 5.57. The fraction of sp³-hybridized carbons (Fsp3) is 0.458. The molecule has 1 N–H and O–H groups in total. The molecule has 156 valence electrons. The fourth-order valence-corrected chi connectivity index (χ4v) is 4.01. The van der Waals surface area contributed by atoms with Crippen LogP contribution in [-0.4, -0.2) is 25.6 Å². The third kappa shape index (κ3) is 5.66. The Morgan fingerprint density at radius 2 is 1.90 bits per heavy atom. The van der Waals surface area contributed by atoms with E-state index in [1.807, 2.05) is 32.9 Å². The van der Waals surface area contributed by atoms with Gasteiger partial charge in [0, 0.05) is 23.8 Å². The standard InChI is InChI=1S/C24H31ClN2O2/c1-16-6-5-11-27(14-16)21-9-7-20(8-10-21)19(4)26-23(28)15-29-22-12-17(2)24(25)18(3)13-22/h7-10,12-13,16,19H,5-6,11,14-15H2,1-4H3,(H,26,28)/t16-,19-/m0/s1. The van der Waals surface area contributed by atoms with Crippen LogP contribution in [0.4, 0.5) is 5.69 Å². The van der Waals surface area contributed by atoms with Gasteiger partial charge in [-0.25, -0.2) is 0 Å². The van der Waals surface area contributed by atoms with Crippen molar-refractivity contribution in [1.29, 1.82) is 0 Å². The zero-order chi connectivity index (χ0) is 21.0. The molecular formula is C24H31ClN2O2. The molecule has 29 heavy (non-hydrogen) atoms. The first-order chi connectivity index (χ1) is 13.8. The van der Waals surface area contributed by atoms with Gasteiger partial charge in [-0.2, -0.15) is 0 Å². The van der Waals surface area contributed by atoms with E-state index in [0.29, 0.717) is 5.75 Å². The van der Waals surface area contributed by atoms with Gasteiger partial charge in [-0.05, 0) is 80.5 Å². The van der Waals surface area contributed by atoms with Crippen molar-refractivity contribution >= 4 is 23.2 Å². The first kappa shape index (κ1) is 21.5. The Morgan fingerprint density at radius 1 is 1.24 bits per heavy atom. The van der Waals surface area contributed by atoms with Gasteiger partial charge in [-0.1, -0.05) is 30.7 Å². The molecule has 0 unspecified atom stereocenters. The number of nitrogens with zero attached hydrogens (tertiary/aromatic N) is 1. The van der Waals surface area contributed by atoms with E-state index in [-0.39, 0.29) is 18.6 Å². The van der Waals surface area contributed by atoms with Gasteiger partial charge >= 0.3 is 0 Å². The molecule has 1 fully saturated rings. The highest BCUT2D eigenvalue weighted by molar-refractivity contribution is 6.32. The molecule has 2 aromatic carbocycles. The summed E-state index contributed by atoms with van der Waals surface area (Å²) < 4.78 is 5.65. The van der Waals surface area contributed by atoms with E-state index in [4.69, 9.17) is 16.3 Å². The Kier molecular flexibility index (Phi) is 7.07. The van der Waals surface area contributed by atoms with Crippen LogP contribution < -0.4 is 15.0 Å². The zero-order valence-corrected chi connectivity index (χ0v) is 18.6. The molecule has 2 atom stereocenters. The molecule has 0 aliphatic carbocycles. The first-order valence-electron chi connectivity index (χ1n) is 10.4. The Labute approximate surface area is 179 Å². The van der Waals surface area contributed by atoms with Crippen LogP contribution in [0.5, 0.6) is 5.75 Å². The summed E-state index contributed by atoms with van der Waals surface area (Å²) in [6.07, 6.45) is 2.57. The number of nitrogens with one attached hydrogen (secondary N) is 1. The van der Waals surface area contributed by atoms with Crippen molar-refractivity contribution in [2.75, 3.05) is 24.6 Å². The fourth-order valence-electron chi connectivity index (χ4n) is 3.90. The lowest BCUT2D eigenvalue weighted by molar-refractivity contribution is -0.123. The summed E-state index contributed by atoms with van der Waals surface area (Å²) in [6, 6.07) is 12.2. The number of piperidine rings is 1. The van der Waals surface area contributed by atoms with E-state index in [1.54, 1.807) is 0 Å². The van der Waals surface area contributed by atoms with E-state index in [9.17, 15) is 4.79 Å². The number of carbonyl (C=O) groups excluding carboxylic acids is 1. The average molecular weight is 415 g/mol. The Morgan fingerprint density at radius 3 is 2.52 bits per heavy atom. The largest absolute Gasteiger partial charge is 0.484 e. The Bertz CT molecular complexity index is 827. The van der Waals surface area contributed by atoms with Crippen LogP contribution in [-0.2, 0) is 4.79 Å². The second-order valence-corrected chi connectivity index (χ2v) is 8.61. The predicted molar refractivity (Wildman–Crippen MR) is 120 cm³/mol. The lowest BCUT2D eigenvalue weighted by Gasteiger charge is -2.33. The van der Waals surface area contributed by atoms with E-state index < -0.39 is 0 Å². The number of rotatable bonds is 6. The SMILES string of the molecule is Cc1cc(OCC(=O)N[C@@H](C)c2ccc(N3CCC[C@H](C)C3)cc2)cc(C)c1Cl. The van der Waals surface area contributed by atoms with Crippen LogP contribution in [0.1, 0.15) is 49.4 Å². The number of anilines is 1. The lowest BCUT2D eigenvalue weighted by atomic mass is 9.99. The minimum absolute atomic E-state index is 0.0192. The van der Waals surface area contributed by atoms with Crippen molar-refractivity contribution in [3.8, 4) is 5.75 Å². The second kappa shape index (κ2) is 9.53. The Balaban J connectivity index is 1.53. The molecule has 1 aliphatic rings. The molecule has 5 heteroatoms. The quantitative estimate of drug-likeness (QED) is 0.683. The second-order valence-electron chi connectivity index (χ2n) is 8.23. The van der Waals surface area contributed by atoms with Gasteiger partial charge in [0.2, 0.25) is 0 Å². The predicted octanol–water partition coefficient (Wildman–Crippen LogP) is 5.45. The average Bonchev–Trinajstić information content (AvgIpc) is 2.70. The van der Waals surface area contributed by atoms with Crippen LogP contribution in [0, 0.1) is 19.8 Å². The molecule has 4 nitrogen and oxygen atoms in total. The molecule has 1 amide bonds. The van der Waals surface area contributed by atoms with Crippen molar-refractivity contribution < 1.29 is 9.53 Å². The lowest BCUT2D eigenvalue weighted by Crippen LogP contribution is -2.34.